The number of carbonyl (C=O) groups is 1. The fraction of sp³-hybridized carbons (Fsp3) is 0.200. The van der Waals surface area contributed by atoms with Crippen molar-refractivity contribution in [1.29, 1.82) is 0 Å². The van der Waals surface area contributed by atoms with Crippen LogP contribution in [0.4, 0.5) is 5.69 Å². The van der Waals surface area contributed by atoms with Crippen molar-refractivity contribution >= 4 is 22.5 Å². The summed E-state index contributed by atoms with van der Waals surface area (Å²) in [5, 5.41) is 14.1. The third-order valence-electron chi connectivity index (χ3n) is 4.09. The van der Waals surface area contributed by atoms with Gasteiger partial charge in [-0.05, 0) is 49.2 Å². The number of aromatic hydroxyl groups is 1. The van der Waals surface area contributed by atoms with Gasteiger partial charge in [0.1, 0.15) is 12.4 Å². The van der Waals surface area contributed by atoms with E-state index >= 15 is 0 Å². The number of phenolic OH excluding ortho intramolecular Hbond substituents is 1. The lowest BCUT2D eigenvalue weighted by molar-refractivity contribution is -0.119. The number of methoxy groups -OCH3 is 1. The molecule has 2 N–H and O–H groups in total. The van der Waals surface area contributed by atoms with E-state index < -0.39 is 0 Å². The molecule has 128 valence electrons. The Balaban J connectivity index is 2.07. The van der Waals surface area contributed by atoms with E-state index in [2.05, 4.69) is 10.3 Å². The van der Waals surface area contributed by atoms with Crippen LogP contribution < -0.4 is 5.32 Å². The predicted octanol–water partition coefficient (Wildman–Crippen LogP) is 3.81. The van der Waals surface area contributed by atoms with E-state index in [-0.39, 0.29) is 18.3 Å². The third-order valence-corrected chi connectivity index (χ3v) is 4.09. The third kappa shape index (κ3) is 3.46. The number of nitrogens with zero attached hydrogens (tertiary/aromatic N) is 1. The number of aromatic nitrogens is 1. The number of anilines is 1. The van der Waals surface area contributed by atoms with Crippen molar-refractivity contribution in [3.63, 3.8) is 0 Å². The summed E-state index contributed by atoms with van der Waals surface area (Å²) in [6.45, 7) is 3.86. The summed E-state index contributed by atoms with van der Waals surface area (Å²) in [7, 11) is 1.48. The van der Waals surface area contributed by atoms with Crippen LogP contribution in [0.15, 0.2) is 42.5 Å². The predicted molar refractivity (Wildman–Crippen MR) is 98.8 cm³/mol. The molecular formula is C20H20N2O3. The van der Waals surface area contributed by atoms with Crippen molar-refractivity contribution < 1.29 is 14.6 Å². The van der Waals surface area contributed by atoms with Crippen LogP contribution in [-0.2, 0) is 9.53 Å². The number of fused-ring (bicyclic) bond motifs is 1. The summed E-state index contributed by atoms with van der Waals surface area (Å²) in [6.07, 6.45) is 0. The molecule has 0 unspecified atom stereocenters. The molecule has 5 nitrogen and oxygen atoms in total. The first kappa shape index (κ1) is 16.9. The number of amides is 1. The van der Waals surface area contributed by atoms with Crippen molar-refractivity contribution in [2.45, 2.75) is 13.8 Å². The van der Waals surface area contributed by atoms with Crippen LogP contribution in [0, 0.1) is 13.8 Å². The topological polar surface area (TPSA) is 71.5 Å². The second kappa shape index (κ2) is 6.91. The van der Waals surface area contributed by atoms with Crippen LogP contribution in [0.1, 0.15) is 11.1 Å². The van der Waals surface area contributed by atoms with E-state index in [0.29, 0.717) is 16.9 Å². The first-order valence-corrected chi connectivity index (χ1v) is 7.98. The molecule has 3 rings (SSSR count). The molecule has 1 aromatic heterocycles. The Morgan fingerprint density at radius 2 is 1.96 bits per heavy atom. The van der Waals surface area contributed by atoms with Crippen molar-refractivity contribution in [2.75, 3.05) is 19.0 Å². The van der Waals surface area contributed by atoms with Gasteiger partial charge in [0.25, 0.3) is 0 Å². The van der Waals surface area contributed by atoms with Crippen molar-refractivity contribution in [3.8, 4) is 17.0 Å². The zero-order valence-corrected chi connectivity index (χ0v) is 14.5. The van der Waals surface area contributed by atoms with Gasteiger partial charge in [0, 0.05) is 23.7 Å². The fourth-order valence-electron chi connectivity index (χ4n) is 2.81. The highest BCUT2D eigenvalue weighted by Gasteiger charge is 2.11. The fourth-order valence-corrected chi connectivity index (χ4v) is 2.81. The maximum Gasteiger partial charge on any atom is 0.250 e. The molecule has 0 saturated carbocycles. The van der Waals surface area contributed by atoms with Crippen LogP contribution in [0.5, 0.6) is 5.75 Å². The van der Waals surface area contributed by atoms with Gasteiger partial charge >= 0.3 is 0 Å². The van der Waals surface area contributed by atoms with Crippen LogP contribution in [0.2, 0.25) is 0 Å². The highest BCUT2D eigenvalue weighted by Crippen LogP contribution is 2.33. The number of nitrogens with one attached hydrogen (secondary N) is 1. The normalized spacial score (nSPS) is 10.8. The molecule has 0 aliphatic carbocycles. The number of ether oxygens (including phenoxy) is 1. The SMILES string of the molecule is COCC(=O)Nc1ccc2c(C)cc(-c3cccc(C)c3O)nc2c1. The van der Waals surface area contributed by atoms with E-state index in [0.717, 1.165) is 22.0 Å². The summed E-state index contributed by atoms with van der Waals surface area (Å²) in [5.74, 6) is 0.0179. The molecule has 2 aromatic carbocycles. The second-order valence-electron chi connectivity index (χ2n) is 6.01. The Morgan fingerprint density at radius 1 is 1.16 bits per heavy atom. The van der Waals surface area contributed by atoms with Gasteiger partial charge in [0.2, 0.25) is 5.91 Å². The maximum atomic E-state index is 11.7. The number of aryl methyl sites for hydroxylation is 2. The average molecular weight is 336 g/mol. The largest absolute Gasteiger partial charge is 0.507 e. The van der Waals surface area contributed by atoms with E-state index in [9.17, 15) is 9.90 Å². The quantitative estimate of drug-likeness (QED) is 0.760. The minimum atomic E-state index is -0.217. The highest BCUT2D eigenvalue weighted by molar-refractivity contribution is 5.95. The van der Waals surface area contributed by atoms with Gasteiger partial charge in [-0.25, -0.2) is 4.98 Å². The minimum Gasteiger partial charge on any atom is -0.507 e. The number of pyridine rings is 1. The zero-order chi connectivity index (χ0) is 18.0. The average Bonchev–Trinajstić information content (AvgIpc) is 2.57. The zero-order valence-electron chi connectivity index (χ0n) is 14.5. The molecule has 0 fully saturated rings. The number of rotatable bonds is 4. The molecule has 0 aliphatic rings. The second-order valence-corrected chi connectivity index (χ2v) is 6.01. The van der Waals surface area contributed by atoms with Gasteiger partial charge in [-0.2, -0.15) is 0 Å². The standard InChI is InChI=1S/C20H20N2O3/c1-12-5-4-6-16(20(12)24)17-9-13(2)15-8-7-14(10-18(15)22-17)21-19(23)11-25-3/h4-10,24H,11H2,1-3H3,(H,21,23). The van der Waals surface area contributed by atoms with Crippen LogP contribution in [-0.4, -0.2) is 29.7 Å². The molecule has 3 aromatic rings. The molecule has 0 atom stereocenters. The Hall–Kier alpha value is -2.92. The maximum absolute atomic E-state index is 11.7. The first-order chi connectivity index (χ1) is 12.0. The molecule has 25 heavy (non-hydrogen) atoms. The van der Waals surface area contributed by atoms with E-state index in [1.807, 2.05) is 56.3 Å². The Bertz CT molecular complexity index is 951. The first-order valence-electron chi connectivity index (χ1n) is 7.98. The summed E-state index contributed by atoms with van der Waals surface area (Å²) in [6, 6.07) is 13.2. The Morgan fingerprint density at radius 3 is 2.72 bits per heavy atom. The lowest BCUT2D eigenvalue weighted by atomic mass is 10.0. The van der Waals surface area contributed by atoms with E-state index in [1.165, 1.54) is 7.11 Å². The molecule has 5 heteroatoms. The van der Waals surface area contributed by atoms with Crippen LogP contribution >= 0.6 is 0 Å². The van der Waals surface area contributed by atoms with Crippen molar-refractivity contribution in [1.82, 2.24) is 4.98 Å². The molecule has 0 radical (unpaired) electrons. The number of hydrogen-bond acceptors (Lipinski definition) is 4. The molecule has 0 spiro atoms. The van der Waals surface area contributed by atoms with E-state index in [1.54, 1.807) is 0 Å². The summed E-state index contributed by atoms with van der Waals surface area (Å²) in [4.78, 5) is 16.4. The van der Waals surface area contributed by atoms with E-state index in [4.69, 9.17) is 4.74 Å². The number of hydrogen-bond donors (Lipinski definition) is 2. The smallest absolute Gasteiger partial charge is 0.250 e. The van der Waals surface area contributed by atoms with Gasteiger partial charge in [-0.15, -0.1) is 0 Å². The van der Waals surface area contributed by atoms with Gasteiger partial charge < -0.3 is 15.2 Å². The van der Waals surface area contributed by atoms with Crippen molar-refractivity contribution in [2.24, 2.45) is 0 Å². The molecule has 0 saturated heterocycles. The van der Waals surface area contributed by atoms with Crippen LogP contribution in [0.25, 0.3) is 22.2 Å². The van der Waals surface area contributed by atoms with Gasteiger partial charge in [-0.3, -0.25) is 4.79 Å². The molecule has 1 heterocycles. The highest BCUT2D eigenvalue weighted by atomic mass is 16.5. The summed E-state index contributed by atoms with van der Waals surface area (Å²) >= 11 is 0. The Labute approximate surface area is 146 Å². The van der Waals surface area contributed by atoms with Gasteiger partial charge in [-0.1, -0.05) is 18.2 Å². The lowest BCUT2D eigenvalue weighted by Gasteiger charge is -2.11. The number of carbonyl (C=O) groups excluding carboxylic acids is 1. The van der Waals surface area contributed by atoms with Gasteiger partial charge in [0.15, 0.2) is 0 Å². The minimum absolute atomic E-state index is 0.00168. The lowest BCUT2D eigenvalue weighted by Crippen LogP contribution is -2.17. The van der Waals surface area contributed by atoms with Crippen molar-refractivity contribution in [3.05, 3.63) is 53.6 Å². The molecule has 0 bridgehead atoms. The van der Waals surface area contributed by atoms with Crippen LogP contribution in [0.3, 0.4) is 0 Å². The Kier molecular flexibility index (Phi) is 4.67. The monoisotopic (exact) mass is 336 g/mol. The summed E-state index contributed by atoms with van der Waals surface area (Å²) in [5.41, 5.74) is 4.66. The number of phenols is 1. The molecule has 0 aliphatic heterocycles. The molecular weight excluding hydrogens is 316 g/mol. The number of benzene rings is 2. The van der Waals surface area contributed by atoms with Gasteiger partial charge in [0.05, 0.1) is 11.2 Å². The molecule has 1 amide bonds. The number of para-hydroxylation sites is 1. The summed E-state index contributed by atoms with van der Waals surface area (Å²) < 4.78 is 4.83.